The van der Waals surface area contributed by atoms with Crippen LogP contribution >= 0.6 is 0 Å². The van der Waals surface area contributed by atoms with Gasteiger partial charge in [-0.3, -0.25) is 4.79 Å². The lowest BCUT2D eigenvalue weighted by atomic mass is 9.48. The molecule has 0 spiro atoms. The van der Waals surface area contributed by atoms with E-state index in [1.807, 2.05) is 13.8 Å². The largest absolute Gasteiger partial charge is 0.393 e. The summed E-state index contributed by atoms with van der Waals surface area (Å²) >= 11 is 0. The minimum absolute atomic E-state index is 0.0165. The summed E-state index contributed by atoms with van der Waals surface area (Å²) in [6, 6.07) is 0. The topological polar surface area (TPSA) is 77.8 Å². The van der Waals surface area contributed by atoms with E-state index in [9.17, 15) is 20.1 Å². The lowest BCUT2D eigenvalue weighted by molar-refractivity contribution is -0.115. The normalized spacial score (nSPS) is 43.4. The third kappa shape index (κ3) is 3.64. The first-order valence-corrected chi connectivity index (χ1v) is 13.2. The fourth-order valence-electron chi connectivity index (χ4n) is 8.36. The van der Waals surface area contributed by atoms with Crippen LogP contribution in [0.25, 0.3) is 0 Å². The Labute approximate surface area is 194 Å². The Morgan fingerprint density at radius 2 is 1.66 bits per heavy atom. The van der Waals surface area contributed by atoms with Crippen molar-refractivity contribution in [3.8, 4) is 0 Å². The molecule has 1 unspecified atom stereocenters. The Bertz CT molecular complexity index is 771. The van der Waals surface area contributed by atoms with Gasteiger partial charge in [0.25, 0.3) is 0 Å². The number of aliphatic hydroxyl groups excluding tert-OH is 3. The Kier molecular flexibility index (Phi) is 6.49. The summed E-state index contributed by atoms with van der Waals surface area (Å²) in [6.45, 7) is 12.9. The molecule has 0 radical (unpaired) electrons. The van der Waals surface area contributed by atoms with Crippen LogP contribution in [0.15, 0.2) is 11.1 Å². The average Bonchev–Trinajstić information content (AvgIpc) is 3.02. The van der Waals surface area contributed by atoms with Gasteiger partial charge in [-0.2, -0.15) is 0 Å². The second kappa shape index (κ2) is 8.50. The van der Waals surface area contributed by atoms with Crippen LogP contribution in [-0.4, -0.2) is 39.4 Å². The van der Waals surface area contributed by atoms with Gasteiger partial charge in [0.05, 0.1) is 18.3 Å². The molecule has 4 aliphatic rings. The van der Waals surface area contributed by atoms with E-state index in [-0.39, 0.29) is 34.7 Å². The van der Waals surface area contributed by atoms with Crippen LogP contribution in [0.2, 0.25) is 0 Å². The molecule has 4 aliphatic carbocycles. The van der Waals surface area contributed by atoms with Gasteiger partial charge in [-0.05, 0) is 91.3 Å². The monoisotopic (exact) mass is 446 g/mol. The molecule has 182 valence electrons. The van der Waals surface area contributed by atoms with E-state index in [4.69, 9.17) is 0 Å². The van der Waals surface area contributed by atoms with Crippen LogP contribution in [0, 0.1) is 46.3 Å². The smallest absolute Gasteiger partial charge is 0.159 e. The molecule has 4 heteroatoms. The van der Waals surface area contributed by atoms with Gasteiger partial charge in [0.2, 0.25) is 0 Å². The van der Waals surface area contributed by atoms with Gasteiger partial charge < -0.3 is 15.3 Å². The number of allylic oxidation sites excluding steroid dienone is 2. The zero-order valence-corrected chi connectivity index (χ0v) is 21.1. The highest BCUT2D eigenvalue weighted by Crippen LogP contribution is 2.65. The molecule has 3 fully saturated rings. The van der Waals surface area contributed by atoms with Crippen molar-refractivity contribution in [2.45, 2.75) is 111 Å². The van der Waals surface area contributed by atoms with Gasteiger partial charge in [0.1, 0.15) is 0 Å². The number of carbonyl (C=O) groups excluding carboxylic acids is 1. The first-order valence-electron chi connectivity index (χ1n) is 13.2. The van der Waals surface area contributed by atoms with Crippen molar-refractivity contribution in [1.82, 2.24) is 0 Å². The minimum atomic E-state index is -0.808. The second-order valence-electron chi connectivity index (χ2n) is 12.8. The highest BCUT2D eigenvalue weighted by Gasteiger charge is 2.58. The van der Waals surface area contributed by atoms with Gasteiger partial charge in [0.15, 0.2) is 5.78 Å². The molecule has 0 bridgehead atoms. The maximum absolute atomic E-state index is 13.5. The summed E-state index contributed by atoms with van der Waals surface area (Å²) in [7, 11) is 0. The maximum atomic E-state index is 13.5. The van der Waals surface area contributed by atoms with Crippen molar-refractivity contribution in [2.75, 3.05) is 0 Å². The van der Waals surface area contributed by atoms with Gasteiger partial charge in [0, 0.05) is 12.0 Å². The van der Waals surface area contributed by atoms with Crippen LogP contribution in [0.1, 0.15) is 92.9 Å². The number of aliphatic hydroxyl groups is 3. The molecule has 3 N–H and O–H groups in total. The highest BCUT2D eigenvalue weighted by atomic mass is 16.3. The number of hydrogen-bond donors (Lipinski definition) is 3. The van der Waals surface area contributed by atoms with Crippen molar-refractivity contribution < 1.29 is 20.1 Å². The summed E-state index contributed by atoms with van der Waals surface area (Å²) in [4.78, 5) is 13.5. The highest BCUT2D eigenvalue weighted by molar-refractivity contribution is 6.00. The molecule has 0 heterocycles. The third-order valence-electron chi connectivity index (χ3n) is 10.9. The Morgan fingerprint density at radius 1 is 0.969 bits per heavy atom. The van der Waals surface area contributed by atoms with Gasteiger partial charge in [-0.15, -0.1) is 0 Å². The molecule has 4 nitrogen and oxygen atoms in total. The van der Waals surface area contributed by atoms with Crippen molar-refractivity contribution >= 4 is 5.78 Å². The molecule has 32 heavy (non-hydrogen) atoms. The third-order valence-corrected chi connectivity index (χ3v) is 10.9. The Hall–Kier alpha value is -0.710. The number of rotatable bonds is 5. The number of ketones is 1. The summed E-state index contributed by atoms with van der Waals surface area (Å²) in [5.41, 5.74) is 2.52. The number of hydrogen-bond acceptors (Lipinski definition) is 4. The predicted molar refractivity (Wildman–Crippen MR) is 127 cm³/mol. The predicted octanol–water partition coefficient (Wildman–Crippen LogP) is 4.90. The number of carbonyl (C=O) groups is 1. The molecule has 0 aliphatic heterocycles. The second-order valence-corrected chi connectivity index (χ2v) is 12.8. The molecule has 4 rings (SSSR count). The minimum Gasteiger partial charge on any atom is -0.393 e. The first-order chi connectivity index (χ1) is 14.9. The van der Waals surface area contributed by atoms with E-state index in [2.05, 4.69) is 27.7 Å². The number of Topliss-reactive ketones (excluding diaryl/α,β-unsaturated/α-hetero) is 1. The van der Waals surface area contributed by atoms with Gasteiger partial charge >= 0.3 is 0 Å². The quantitative estimate of drug-likeness (QED) is 0.561. The lowest BCUT2D eigenvalue weighted by Gasteiger charge is -2.56. The first kappa shape index (κ1) is 24.4. The van der Waals surface area contributed by atoms with E-state index >= 15 is 0 Å². The molecule has 3 saturated carbocycles. The molecule has 0 aromatic carbocycles. The average molecular weight is 447 g/mol. The summed E-state index contributed by atoms with van der Waals surface area (Å²) in [5.74, 6) is 1.60. The molecule has 0 aromatic rings. The van der Waals surface area contributed by atoms with E-state index in [0.717, 1.165) is 50.5 Å². The van der Waals surface area contributed by atoms with Crippen LogP contribution in [0.3, 0.4) is 0 Å². The molecule has 0 saturated heterocycles. The fourth-order valence-corrected chi connectivity index (χ4v) is 8.36. The SMILES string of the molecule is CC(C)C(C)[C@@H](O)[C@H](O)[C@@H](C)[C@H]1CC(=O)C2=C3CC[C@H]4C[C@@H](O)CC[C@]4(C)[C@H]3CC[C@@]21C. The van der Waals surface area contributed by atoms with Crippen LogP contribution in [0.4, 0.5) is 0 Å². The Morgan fingerprint density at radius 3 is 2.31 bits per heavy atom. The van der Waals surface area contributed by atoms with Crippen molar-refractivity contribution in [3.63, 3.8) is 0 Å². The van der Waals surface area contributed by atoms with Gasteiger partial charge in [-0.25, -0.2) is 0 Å². The standard InChI is InChI=1S/C28H46O4/c1-15(2)16(3)25(31)26(32)17(4)22-14-23(30)24-20-8-7-18-13-19(29)9-11-27(18,5)21(20)10-12-28(22,24)6/h15-19,21-22,25-26,29,31-32H,7-14H2,1-6H3/t16?,17-,18-,19-,21-,22+,25+,26+,27-,28+/m0/s1. The van der Waals surface area contributed by atoms with E-state index in [1.165, 1.54) is 5.57 Å². The van der Waals surface area contributed by atoms with Crippen LogP contribution < -0.4 is 0 Å². The number of fused-ring (bicyclic) bond motifs is 4. The molecule has 0 amide bonds. The fraction of sp³-hybridized carbons (Fsp3) is 0.893. The van der Waals surface area contributed by atoms with E-state index in [0.29, 0.717) is 30.0 Å². The van der Waals surface area contributed by atoms with Gasteiger partial charge in [-0.1, -0.05) is 47.1 Å². The van der Waals surface area contributed by atoms with E-state index in [1.54, 1.807) is 0 Å². The summed E-state index contributed by atoms with van der Waals surface area (Å²) in [5, 5.41) is 32.2. The van der Waals surface area contributed by atoms with Crippen LogP contribution in [0.5, 0.6) is 0 Å². The molecule has 0 aromatic heterocycles. The Balaban J connectivity index is 1.63. The van der Waals surface area contributed by atoms with Crippen molar-refractivity contribution in [2.24, 2.45) is 46.3 Å². The zero-order chi connectivity index (χ0) is 23.6. The molecular formula is C28H46O4. The van der Waals surface area contributed by atoms with Crippen LogP contribution in [-0.2, 0) is 4.79 Å². The molecule has 10 atom stereocenters. The summed E-state index contributed by atoms with van der Waals surface area (Å²) < 4.78 is 0. The maximum Gasteiger partial charge on any atom is 0.159 e. The lowest BCUT2D eigenvalue weighted by Crippen LogP contribution is -2.49. The zero-order valence-electron chi connectivity index (χ0n) is 21.1. The molecular weight excluding hydrogens is 400 g/mol. The van der Waals surface area contributed by atoms with Crippen molar-refractivity contribution in [1.29, 1.82) is 0 Å². The van der Waals surface area contributed by atoms with E-state index < -0.39 is 12.2 Å². The summed E-state index contributed by atoms with van der Waals surface area (Å²) in [6.07, 6.45) is 5.80. The van der Waals surface area contributed by atoms with Crippen molar-refractivity contribution in [3.05, 3.63) is 11.1 Å².